The molecular formula is C16H22Cl2N2O. The fourth-order valence-electron chi connectivity index (χ4n) is 3.01. The van der Waals surface area contributed by atoms with Gasteiger partial charge >= 0.3 is 0 Å². The van der Waals surface area contributed by atoms with Crippen LogP contribution in [0.5, 0.6) is 0 Å². The molecule has 1 heterocycles. The van der Waals surface area contributed by atoms with E-state index in [1.54, 1.807) is 0 Å². The third-order valence-corrected chi connectivity index (χ3v) is 4.72. The van der Waals surface area contributed by atoms with Crippen molar-refractivity contribution in [2.24, 2.45) is 5.92 Å². The first kappa shape index (κ1) is 16.6. The average Bonchev–Trinajstić information content (AvgIpc) is 3.03. The molecule has 21 heavy (non-hydrogen) atoms. The second-order valence-electron chi connectivity index (χ2n) is 6.03. The van der Waals surface area contributed by atoms with Crippen LogP contribution in [0.4, 0.5) is 0 Å². The van der Waals surface area contributed by atoms with E-state index in [1.165, 1.54) is 12.0 Å². The van der Waals surface area contributed by atoms with Crippen LogP contribution in [0, 0.1) is 5.92 Å². The molecule has 2 N–H and O–H groups in total. The maximum Gasteiger partial charge on any atom is 0.220 e. The highest BCUT2D eigenvalue weighted by molar-refractivity contribution is 6.30. The maximum atomic E-state index is 12.1. The van der Waals surface area contributed by atoms with E-state index in [4.69, 9.17) is 11.6 Å². The third-order valence-electron chi connectivity index (χ3n) is 4.47. The number of nitrogens with one attached hydrogen (secondary N) is 2. The Bertz CT molecular complexity index is 480. The quantitative estimate of drug-likeness (QED) is 0.871. The summed E-state index contributed by atoms with van der Waals surface area (Å²) in [7, 11) is 0. The standard InChI is InChI=1S/C16H21ClN2O.ClH/c17-14-4-2-13(3-5-14)16(8-9-16)19-15(20)6-1-12-7-10-18-11-12;/h2-5,12,18H,1,6-11H2,(H,19,20);1H. The van der Waals surface area contributed by atoms with Gasteiger partial charge in [-0.3, -0.25) is 4.79 Å². The van der Waals surface area contributed by atoms with E-state index in [0.717, 1.165) is 37.4 Å². The van der Waals surface area contributed by atoms with Crippen LogP contribution in [0.2, 0.25) is 5.02 Å². The van der Waals surface area contributed by atoms with Crippen molar-refractivity contribution >= 4 is 29.9 Å². The molecule has 2 aliphatic rings. The summed E-state index contributed by atoms with van der Waals surface area (Å²) in [5, 5.41) is 7.31. The number of carbonyl (C=O) groups excluding carboxylic acids is 1. The highest BCUT2D eigenvalue weighted by Gasteiger charge is 2.45. The molecule has 5 heteroatoms. The zero-order valence-corrected chi connectivity index (χ0v) is 13.6. The molecular weight excluding hydrogens is 307 g/mol. The molecule has 2 fully saturated rings. The monoisotopic (exact) mass is 328 g/mol. The summed E-state index contributed by atoms with van der Waals surface area (Å²) in [6, 6.07) is 7.84. The van der Waals surface area contributed by atoms with E-state index >= 15 is 0 Å². The molecule has 1 atom stereocenters. The molecule has 1 aromatic carbocycles. The number of carbonyl (C=O) groups is 1. The Morgan fingerprint density at radius 1 is 1.33 bits per heavy atom. The summed E-state index contributed by atoms with van der Waals surface area (Å²) < 4.78 is 0. The molecule has 0 aromatic heterocycles. The molecule has 1 unspecified atom stereocenters. The van der Waals surface area contributed by atoms with Gasteiger partial charge in [0, 0.05) is 11.4 Å². The number of hydrogen-bond acceptors (Lipinski definition) is 2. The highest BCUT2D eigenvalue weighted by Crippen LogP contribution is 2.45. The van der Waals surface area contributed by atoms with E-state index < -0.39 is 0 Å². The number of rotatable bonds is 5. The van der Waals surface area contributed by atoms with Crippen molar-refractivity contribution in [2.75, 3.05) is 13.1 Å². The molecule has 0 spiro atoms. The van der Waals surface area contributed by atoms with Crippen molar-refractivity contribution < 1.29 is 4.79 Å². The highest BCUT2D eigenvalue weighted by atomic mass is 35.5. The van der Waals surface area contributed by atoms with Gasteiger partial charge in [-0.25, -0.2) is 0 Å². The van der Waals surface area contributed by atoms with Crippen LogP contribution in [0.3, 0.4) is 0 Å². The first-order chi connectivity index (χ1) is 9.68. The summed E-state index contributed by atoms with van der Waals surface area (Å²) in [6.07, 6.45) is 4.91. The molecule has 0 bridgehead atoms. The molecule has 1 aliphatic heterocycles. The lowest BCUT2D eigenvalue weighted by Gasteiger charge is -2.18. The Hall–Kier alpha value is -0.770. The second kappa shape index (κ2) is 6.99. The van der Waals surface area contributed by atoms with Crippen LogP contribution in [-0.4, -0.2) is 19.0 Å². The van der Waals surface area contributed by atoms with E-state index in [9.17, 15) is 4.79 Å². The van der Waals surface area contributed by atoms with Gasteiger partial charge in [0.15, 0.2) is 0 Å². The summed E-state index contributed by atoms with van der Waals surface area (Å²) in [5.41, 5.74) is 1.06. The van der Waals surface area contributed by atoms with Gasteiger partial charge in [0.05, 0.1) is 5.54 Å². The van der Waals surface area contributed by atoms with Crippen LogP contribution in [0.1, 0.15) is 37.7 Å². The number of hydrogen-bond donors (Lipinski definition) is 2. The van der Waals surface area contributed by atoms with Crippen molar-refractivity contribution in [3.8, 4) is 0 Å². The first-order valence-electron chi connectivity index (χ1n) is 7.46. The zero-order valence-electron chi connectivity index (χ0n) is 12.0. The summed E-state index contributed by atoms with van der Waals surface area (Å²) in [5.74, 6) is 0.857. The van der Waals surface area contributed by atoms with Crippen LogP contribution < -0.4 is 10.6 Å². The second-order valence-corrected chi connectivity index (χ2v) is 6.47. The predicted molar refractivity (Wildman–Crippen MR) is 88.0 cm³/mol. The van der Waals surface area contributed by atoms with Crippen molar-refractivity contribution in [1.82, 2.24) is 10.6 Å². The minimum absolute atomic E-state index is 0. The number of amides is 1. The van der Waals surface area contributed by atoms with Crippen molar-refractivity contribution in [3.05, 3.63) is 34.9 Å². The lowest BCUT2D eigenvalue weighted by atomic mass is 10.0. The Morgan fingerprint density at radius 3 is 2.62 bits per heavy atom. The first-order valence-corrected chi connectivity index (χ1v) is 7.83. The maximum absolute atomic E-state index is 12.1. The largest absolute Gasteiger partial charge is 0.347 e. The SMILES string of the molecule is Cl.O=C(CCC1CCNC1)NC1(c2ccc(Cl)cc2)CC1. The fourth-order valence-corrected chi connectivity index (χ4v) is 3.13. The van der Waals surface area contributed by atoms with Crippen LogP contribution in [-0.2, 0) is 10.3 Å². The van der Waals surface area contributed by atoms with E-state index in [-0.39, 0.29) is 23.9 Å². The topological polar surface area (TPSA) is 41.1 Å². The fraction of sp³-hybridized carbons (Fsp3) is 0.562. The van der Waals surface area contributed by atoms with Gasteiger partial charge in [0.2, 0.25) is 5.91 Å². The molecule has 116 valence electrons. The molecule has 1 amide bonds. The van der Waals surface area contributed by atoms with Gasteiger partial charge in [-0.05, 0) is 62.4 Å². The van der Waals surface area contributed by atoms with E-state index in [2.05, 4.69) is 10.6 Å². The number of benzene rings is 1. The van der Waals surface area contributed by atoms with Crippen molar-refractivity contribution in [1.29, 1.82) is 0 Å². The summed E-state index contributed by atoms with van der Waals surface area (Å²) in [4.78, 5) is 12.1. The summed E-state index contributed by atoms with van der Waals surface area (Å²) >= 11 is 5.92. The Balaban J connectivity index is 0.00000161. The number of halogens is 2. The van der Waals surface area contributed by atoms with Crippen molar-refractivity contribution in [2.45, 2.75) is 37.6 Å². The normalized spacial score (nSPS) is 22.4. The van der Waals surface area contributed by atoms with Crippen LogP contribution in [0.25, 0.3) is 0 Å². The summed E-state index contributed by atoms with van der Waals surface area (Å²) in [6.45, 7) is 2.16. The van der Waals surface area contributed by atoms with Gasteiger partial charge in [0.25, 0.3) is 0 Å². The smallest absolute Gasteiger partial charge is 0.220 e. The zero-order chi connectivity index (χ0) is 14.0. The molecule has 1 saturated heterocycles. The predicted octanol–water partition coefficient (Wildman–Crippen LogP) is 3.26. The average molecular weight is 329 g/mol. The van der Waals surface area contributed by atoms with E-state index in [1.807, 2.05) is 24.3 Å². The lowest BCUT2D eigenvalue weighted by molar-refractivity contribution is -0.122. The Kier molecular flexibility index (Phi) is 5.53. The van der Waals surface area contributed by atoms with Crippen molar-refractivity contribution in [3.63, 3.8) is 0 Å². The minimum Gasteiger partial charge on any atom is -0.347 e. The minimum atomic E-state index is -0.115. The van der Waals surface area contributed by atoms with Gasteiger partial charge in [-0.2, -0.15) is 0 Å². The Labute approximate surface area is 137 Å². The third kappa shape index (κ3) is 4.12. The van der Waals surface area contributed by atoms with Gasteiger partial charge in [0.1, 0.15) is 0 Å². The molecule has 0 radical (unpaired) electrons. The molecule has 3 rings (SSSR count). The van der Waals surface area contributed by atoms with Crippen LogP contribution in [0.15, 0.2) is 24.3 Å². The molecule has 3 nitrogen and oxygen atoms in total. The van der Waals surface area contributed by atoms with E-state index in [0.29, 0.717) is 12.3 Å². The van der Waals surface area contributed by atoms with Gasteiger partial charge in [-0.15, -0.1) is 12.4 Å². The van der Waals surface area contributed by atoms with Gasteiger partial charge < -0.3 is 10.6 Å². The molecule has 1 saturated carbocycles. The molecule has 1 aliphatic carbocycles. The van der Waals surface area contributed by atoms with Gasteiger partial charge in [-0.1, -0.05) is 23.7 Å². The van der Waals surface area contributed by atoms with Crippen LogP contribution >= 0.6 is 24.0 Å². The molecule has 1 aromatic rings. The Morgan fingerprint density at radius 2 is 2.05 bits per heavy atom. The lowest BCUT2D eigenvalue weighted by Crippen LogP contribution is -2.35.